The third-order valence-corrected chi connectivity index (χ3v) is 2.50. The van der Waals surface area contributed by atoms with Crippen LogP contribution >= 0.6 is 0 Å². The molecule has 0 bridgehead atoms. The van der Waals surface area contributed by atoms with Crippen LogP contribution in [0.3, 0.4) is 0 Å². The minimum Gasteiger partial charge on any atom is -0.388 e. The van der Waals surface area contributed by atoms with Gasteiger partial charge in [-0.05, 0) is 25.0 Å². The molecule has 1 unspecified atom stereocenters. The number of nitrogens with zero attached hydrogens (tertiary/aromatic N) is 2. The predicted molar refractivity (Wildman–Crippen MR) is 64.1 cm³/mol. The van der Waals surface area contributed by atoms with Gasteiger partial charge in [-0.25, -0.2) is 0 Å². The lowest BCUT2D eigenvalue weighted by atomic mass is 10.1. The number of rotatable bonds is 4. The van der Waals surface area contributed by atoms with Crippen LogP contribution in [0.4, 0.5) is 0 Å². The SMILES string of the molecule is Cc1nocc1C(O)C/C=C/c1cccnc1. The molecule has 0 amide bonds. The number of aliphatic hydroxyl groups is 1. The van der Waals surface area contributed by atoms with Crippen molar-refractivity contribution in [1.29, 1.82) is 0 Å². The first kappa shape index (κ1) is 11.5. The Bertz CT molecular complexity index is 491. The smallest absolute Gasteiger partial charge is 0.129 e. The number of hydrogen-bond acceptors (Lipinski definition) is 4. The van der Waals surface area contributed by atoms with Gasteiger partial charge in [0.1, 0.15) is 6.26 Å². The van der Waals surface area contributed by atoms with Gasteiger partial charge in [0.25, 0.3) is 0 Å². The number of aryl methyl sites for hydroxylation is 1. The van der Waals surface area contributed by atoms with Gasteiger partial charge in [-0.15, -0.1) is 0 Å². The predicted octanol–water partition coefficient (Wildman–Crippen LogP) is 2.51. The average Bonchev–Trinajstić information content (AvgIpc) is 2.77. The highest BCUT2D eigenvalue weighted by molar-refractivity contribution is 5.47. The van der Waals surface area contributed by atoms with E-state index >= 15 is 0 Å². The zero-order chi connectivity index (χ0) is 12.1. The van der Waals surface area contributed by atoms with E-state index in [0.29, 0.717) is 6.42 Å². The summed E-state index contributed by atoms with van der Waals surface area (Å²) < 4.78 is 4.79. The molecule has 0 fully saturated rings. The van der Waals surface area contributed by atoms with Crippen molar-refractivity contribution in [2.75, 3.05) is 0 Å². The summed E-state index contributed by atoms with van der Waals surface area (Å²) in [5.74, 6) is 0. The Morgan fingerprint density at radius 3 is 3.06 bits per heavy atom. The van der Waals surface area contributed by atoms with Gasteiger partial charge in [0, 0.05) is 18.0 Å². The molecule has 2 aromatic rings. The Kier molecular flexibility index (Phi) is 3.67. The van der Waals surface area contributed by atoms with E-state index in [1.54, 1.807) is 12.4 Å². The molecule has 2 rings (SSSR count). The monoisotopic (exact) mass is 230 g/mol. The molecule has 0 spiro atoms. The minimum atomic E-state index is -0.575. The lowest BCUT2D eigenvalue weighted by Gasteiger charge is -2.04. The van der Waals surface area contributed by atoms with Crippen LogP contribution in [0.2, 0.25) is 0 Å². The van der Waals surface area contributed by atoms with Crippen molar-refractivity contribution in [1.82, 2.24) is 10.1 Å². The maximum absolute atomic E-state index is 9.90. The molecule has 4 heteroatoms. The highest BCUT2D eigenvalue weighted by atomic mass is 16.5. The summed E-state index contributed by atoms with van der Waals surface area (Å²) >= 11 is 0. The number of aliphatic hydroxyl groups excluding tert-OH is 1. The zero-order valence-electron chi connectivity index (χ0n) is 9.58. The van der Waals surface area contributed by atoms with Gasteiger partial charge in [-0.2, -0.15) is 0 Å². The number of hydrogen-bond donors (Lipinski definition) is 1. The second kappa shape index (κ2) is 5.41. The summed E-state index contributed by atoms with van der Waals surface area (Å²) in [5.41, 5.74) is 2.48. The van der Waals surface area contributed by atoms with Gasteiger partial charge >= 0.3 is 0 Å². The lowest BCUT2D eigenvalue weighted by molar-refractivity contribution is 0.180. The molecule has 88 valence electrons. The highest BCUT2D eigenvalue weighted by Gasteiger charge is 2.11. The summed E-state index contributed by atoms with van der Waals surface area (Å²) in [5, 5.41) is 13.6. The molecular weight excluding hydrogens is 216 g/mol. The van der Waals surface area contributed by atoms with Crippen LogP contribution in [0, 0.1) is 6.92 Å². The van der Waals surface area contributed by atoms with Crippen molar-refractivity contribution in [3.05, 3.63) is 53.7 Å². The van der Waals surface area contributed by atoms with Crippen LogP contribution in [0.15, 0.2) is 41.4 Å². The minimum absolute atomic E-state index is 0.525. The Balaban J connectivity index is 1.95. The lowest BCUT2D eigenvalue weighted by Crippen LogP contribution is -1.95. The van der Waals surface area contributed by atoms with Crippen molar-refractivity contribution >= 4 is 6.08 Å². The first-order valence-corrected chi connectivity index (χ1v) is 5.43. The third-order valence-electron chi connectivity index (χ3n) is 2.50. The van der Waals surface area contributed by atoms with E-state index in [-0.39, 0.29) is 0 Å². The van der Waals surface area contributed by atoms with E-state index in [0.717, 1.165) is 16.8 Å². The maximum Gasteiger partial charge on any atom is 0.129 e. The van der Waals surface area contributed by atoms with Crippen molar-refractivity contribution < 1.29 is 9.63 Å². The normalized spacial score (nSPS) is 13.1. The average molecular weight is 230 g/mol. The van der Waals surface area contributed by atoms with Crippen molar-refractivity contribution in [2.45, 2.75) is 19.4 Å². The summed E-state index contributed by atoms with van der Waals surface area (Å²) in [7, 11) is 0. The van der Waals surface area contributed by atoms with E-state index in [2.05, 4.69) is 10.1 Å². The molecule has 2 aromatic heterocycles. The summed E-state index contributed by atoms with van der Waals surface area (Å²) in [6, 6.07) is 3.83. The van der Waals surface area contributed by atoms with Crippen LogP contribution in [0.1, 0.15) is 29.3 Å². The van der Waals surface area contributed by atoms with Crippen molar-refractivity contribution in [3.8, 4) is 0 Å². The topological polar surface area (TPSA) is 59.2 Å². The van der Waals surface area contributed by atoms with Gasteiger partial charge in [0.05, 0.1) is 11.8 Å². The van der Waals surface area contributed by atoms with Gasteiger partial charge in [-0.3, -0.25) is 4.98 Å². The van der Waals surface area contributed by atoms with E-state index in [4.69, 9.17) is 4.52 Å². The molecule has 4 nitrogen and oxygen atoms in total. The van der Waals surface area contributed by atoms with Crippen molar-refractivity contribution in [3.63, 3.8) is 0 Å². The fourth-order valence-electron chi connectivity index (χ4n) is 1.55. The fourth-order valence-corrected chi connectivity index (χ4v) is 1.55. The molecule has 0 aromatic carbocycles. The maximum atomic E-state index is 9.90. The molecule has 0 aliphatic heterocycles. The third kappa shape index (κ3) is 3.01. The number of pyridine rings is 1. The Morgan fingerprint density at radius 2 is 2.41 bits per heavy atom. The van der Waals surface area contributed by atoms with Gasteiger partial charge in [0.2, 0.25) is 0 Å². The molecule has 0 aliphatic rings. The van der Waals surface area contributed by atoms with Crippen LogP contribution in [-0.4, -0.2) is 15.2 Å². The molecule has 0 radical (unpaired) electrons. The molecule has 1 N–H and O–H groups in total. The largest absolute Gasteiger partial charge is 0.388 e. The summed E-state index contributed by atoms with van der Waals surface area (Å²) in [6.45, 7) is 1.81. The molecule has 2 heterocycles. The Morgan fingerprint density at radius 1 is 1.53 bits per heavy atom. The van der Waals surface area contributed by atoms with E-state index < -0.39 is 6.10 Å². The van der Waals surface area contributed by atoms with E-state index in [1.165, 1.54) is 6.26 Å². The van der Waals surface area contributed by atoms with Crippen LogP contribution in [-0.2, 0) is 0 Å². The van der Waals surface area contributed by atoms with E-state index in [9.17, 15) is 5.11 Å². The number of aromatic nitrogens is 2. The van der Waals surface area contributed by atoms with Crippen molar-refractivity contribution in [2.24, 2.45) is 0 Å². The molecule has 17 heavy (non-hydrogen) atoms. The van der Waals surface area contributed by atoms with Gasteiger partial charge < -0.3 is 9.63 Å². The second-order valence-electron chi connectivity index (χ2n) is 3.80. The summed E-state index contributed by atoms with van der Waals surface area (Å²) in [6.07, 6.45) is 8.77. The Hall–Kier alpha value is -1.94. The quantitative estimate of drug-likeness (QED) is 0.876. The first-order chi connectivity index (χ1) is 8.27. The molecule has 0 aliphatic carbocycles. The van der Waals surface area contributed by atoms with Gasteiger partial charge in [-0.1, -0.05) is 23.4 Å². The van der Waals surface area contributed by atoms with Crippen LogP contribution in [0.5, 0.6) is 0 Å². The molecule has 1 atom stereocenters. The van der Waals surface area contributed by atoms with Crippen LogP contribution in [0.25, 0.3) is 6.08 Å². The standard InChI is InChI=1S/C13H14N2O2/c1-10-12(9-17-15-10)13(16)6-2-4-11-5-3-7-14-8-11/h2-5,7-9,13,16H,6H2,1H3/b4-2+. The van der Waals surface area contributed by atoms with E-state index in [1.807, 2.05) is 31.2 Å². The van der Waals surface area contributed by atoms with Crippen LogP contribution < -0.4 is 0 Å². The summed E-state index contributed by atoms with van der Waals surface area (Å²) in [4.78, 5) is 4.01. The van der Waals surface area contributed by atoms with Gasteiger partial charge in [0.15, 0.2) is 0 Å². The molecule has 0 saturated carbocycles. The first-order valence-electron chi connectivity index (χ1n) is 5.43. The Labute approximate surface area is 99.6 Å². The second-order valence-corrected chi connectivity index (χ2v) is 3.80. The molecular formula is C13H14N2O2. The fraction of sp³-hybridized carbons (Fsp3) is 0.231. The highest BCUT2D eigenvalue weighted by Crippen LogP contribution is 2.20. The molecule has 0 saturated heterocycles. The zero-order valence-corrected chi connectivity index (χ0v) is 9.58.